The van der Waals surface area contributed by atoms with E-state index >= 15 is 0 Å². The number of ether oxygens (including phenoxy) is 2. The minimum absolute atomic E-state index is 0.187. The third-order valence-corrected chi connectivity index (χ3v) is 4.84. The molecule has 118 valence electrons. The molecule has 0 aliphatic heterocycles. The second kappa shape index (κ2) is 8.04. The van der Waals surface area contributed by atoms with Crippen LogP contribution in [-0.2, 0) is 6.42 Å². The highest BCUT2D eigenvalue weighted by atomic mass is 79.9. The minimum Gasteiger partial charge on any atom is -0.493 e. The Morgan fingerprint density at radius 1 is 1.33 bits per heavy atom. The maximum absolute atomic E-state index is 6.04. The molecule has 0 bridgehead atoms. The van der Waals surface area contributed by atoms with Gasteiger partial charge in [-0.05, 0) is 65.2 Å². The second-order valence-corrected chi connectivity index (χ2v) is 6.80. The Morgan fingerprint density at radius 3 is 2.67 bits per heavy atom. The molecule has 1 aliphatic rings. The van der Waals surface area contributed by atoms with Gasteiger partial charge in [0.05, 0.1) is 18.2 Å². The van der Waals surface area contributed by atoms with Crippen LogP contribution in [0, 0.1) is 5.92 Å². The molecule has 0 spiro atoms. The Hall–Kier alpha value is -0.740. The lowest BCUT2D eigenvalue weighted by Gasteiger charge is -2.17. The predicted octanol–water partition coefficient (Wildman–Crippen LogP) is 4.31. The van der Waals surface area contributed by atoms with Crippen LogP contribution in [-0.4, -0.2) is 19.8 Å². The van der Waals surface area contributed by atoms with Gasteiger partial charge in [0.1, 0.15) is 0 Å². The first kappa shape index (κ1) is 16.6. The normalized spacial score (nSPS) is 17.0. The van der Waals surface area contributed by atoms with Gasteiger partial charge in [0.2, 0.25) is 0 Å². The predicted molar refractivity (Wildman–Crippen MR) is 90.1 cm³/mol. The number of benzene rings is 1. The summed E-state index contributed by atoms with van der Waals surface area (Å²) in [5.74, 6) is 2.30. The zero-order valence-electron chi connectivity index (χ0n) is 13.0. The average Bonchev–Trinajstić information content (AvgIpc) is 2.98. The van der Waals surface area contributed by atoms with E-state index in [4.69, 9.17) is 15.2 Å². The van der Waals surface area contributed by atoms with E-state index in [1.807, 2.05) is 6.07 Å². The molecule has 0 aromatic heterocycles. The highest BCUT2D eigenvalue weighted by Crippen LogP contribution is 2.38. The molecule has 1 fully saturated rings. The molecule has 1 aromatic rings. The van der Waals surface area contributed by atoms with Gasteiger partial charge in [0, 0.05) is 6.04 Å². The molecule has 0 radical (unpaired) electrons. The maximum Gasteiger partial charge on any atom is 0.175 e. The molecule has 1 atom stereocenters. The Bertz CT molecular complexity index is 458. The monoisotopic (exact) mass is 355 g/mol. The molecule has 3 nitrogen and oxygen atoms in total. The van der Waals surface area contributed by atoms with E-state index in [2.05, 4.69) is 28.9 Å². The van der Waals surface area contributed by atoms with Crippen molar-refractivity contribution in [1.29, 1.82) is 0 Å². The van der Waals surface area contributed by atoms with Crippen molar-refractivity contribution in [3.63, 3.8) is 0 Å². The highest BCUT2D eigenvalue weighted by molar-refractivity contribution is 9.10. The topological polar surface area (TPSA) is 44.5 Å². The SMILES string of the molecule is CCC(N)Cc1cc(Br)c(OCC2CCCC2)c(OC)c1. The lowest BCUT2D eigenvalue weighted by Crippen LogP contribution is -2.21. The van der Waals surface area contributed by atoms with Crippen molar-refractivity contribution in [3.05, 3.63) is 22.2 Å². The zero-order valence-corrected chi connectivity index (χ0v) is 14.6. The summed E-state index contributed by atoms with van der Waals surface area (Å²) in [6, 6.07) is 4.33. The maximum atomic E-state index is 6.04. The van der Waals surface area contributed by atoms with E-state index in [1.165, 1.54) is 31.2 Å². The van der Waals surface area contributed by atoms with Crippen molar-refractivity contribution in [3.8, 4) is 11.5 Å². The Kier molecular flexibility index (Phi) is 6.37. The van der Waals surface area contributed by atoms with Gasteiger partial charge in [0.25, 0.3) is 0 Å². The highest BCUT2D eigenvalue weighted by Gasteiger charge is 2.18. The van der Waals surface area contributed by atoms with Gasteiger partial charge in [-0.1, -0.05) is 19.8 Å². The van der Waals surface area contributed by atoms with Crippen molar-refractivity contribution >= 4 is 15.9 Å². The van der Waals surface area contributed by atoms with Crippen molar-refractivity contribution in [2.75, 3.05) is 13.7 Å². The molecule has 2 N–H and O–H groups in total. The molecule has 2 rings (SSSR count). The fourth-order valence-corrected chi connectivity index (χ4v) is 3.46. The first-order chi connectivity index (χ1) is 10.1. The molecule has 0 saturated heterocycles. The third kappa shape index (κ3) is 4.62. The molecule has 21 heavy (non-hydrogen) atoms. The first-order valence-corrected chi connectivity index (χ1v) is 8.68. The van der Waals surface area contributed by atoms with E-state index in [0.29, 0.717) is 5.92 Å². The lowest BCUT2D eigenvalue weighted by molar-refractivity contribution is 0.239. The van der Waals surface area contributed by atoms with Crippen molar-refractivity contribution in [2.45, 2.75) is 51.5 Å². The van der Waals surface area contributed by atoms with Crippen LogP contribution in [0.4, 0.5) is 0 Å². The molecular formula is C17H26BrNO2. The van der Waals surface area contributed by atoms with Crippen molar-refractivity contribution in [1.82, 2.24) is 0 Å². The van der Waals surface area contributed by atoms with Gasteiger partial charge in [-0.2, -0.15) is 0 Å². The number of rotatable bonds is 7. The number of hydrogen-bond donors (Lipinski definition) is 1. The van der Waals surface area contributed by atoms with Crippen LogP contribution in [0.3, 0.4) is 0 Å². The van der Waals surface area contributed by atoms with Crippen LogP contribution in [0.15, 0.2) is 16.6 Å². The van der Waals surface area contributed by atoms with Crippen LogP contribution in [0.1, 0.15) is 44.6 Å². The van der Waals surface area contributed by atoms with E-state index in [9.17, 15) is 0 Å². The zero-order chi connectivity index (χ0) is 15.2. The van der Waals surface area contributed by atoms with Gasteiger partial charge in [-0.25, -0.2) is 0 Å². The fraction of sp³-hybridized carbons (Fsp3) is 0.647. The lowest BCUT2D eigenvalue weighted by atomic mass is 10.0. The van der Waals surface area contributed by atoms with Crippen molar-refractivity contribution in [2.24, 2.45) is 11.7 Å². The summed E-state index contributed by atoms with van der Waals surface area (Å²) in [4.78, 5) is 0. The molecular weight excluding hydrogens is 330 g/mol. The van der Waals surface area contributed by atoms with Gasteiger partial charge < -0.3 is 15.2 Å². The van der Waals surface area contributed by atoms with Gasteiger partial charge in [-0.15, -0.1) is 0 Å². The first-order valence-electron chi connectivity index (χ1n) is 7.88. The molecule has 1 unspecified atom stereocenters. The number of halogens is 1. The summed E-state index contributed by atoms with van der Waals surface area (Å²) >= 11 is 3.61. The largest absolute Gasteiger partial charge is 0.493 e. The third-order valence-electron chi connectivity index (χ3n) is 4.25. The summed E-state index contributed by atoms with van der Waals surface area (Å²) in [5.41, 5.74) is 7.22. The molecule has 1 aliphatic carbocycles. The Morgan fingerprint density at radius 2 is 2.05 bits per heavy atom. The van der Waals surface area contributed by atoms with Gasteiger partial charge in [0.15, 0.2) is 11.5 Å². The summed E-state index contributed by atoms with van der Waals surface area (Å²) < 4.78 is 12.5. The van der Waals surface area contributed by atoms with E-state index in [1.54, 1.807) is 7.11 Å². The summed E-state index contributed by atoms with van der Waals surface area (Å²) in [6.07, 6.45) is 7.06. The van der Waals surface area contributed by atoms with Crippen LogP contribution < -0.4 is 15.2 Å². The van der Waals surface area contributed by atoms with E-state index in [-0.39, 0.29) is 6.04 Å². The second-order valence-electron chi connectivity index (χ2n) is 5.94. The molecule has 0 amide bonds. The average molecular weight is 356 g/mol. The van der Waals surface area contributed by atoms with E-state index < -0.39 is 0 Å². The summed E-state index contributed by atoms with van der Waals surface area (Å²) in [7, 11) is 1.69. The number of nitrogens with two attached hydrogens (primary N) is 1. The number of methoxy groups -OCH3 is 1. The van der Waals surface area contributed by atoms with Crippen LogP contribution in [0.2, 0.25) is 0 Å². The standard InChI is InChI=1S/C17H26BrNO2/c1-3-14(19)8-13-9-15(18)17(16(10-13)20-2)21-11-12-6-4-5-7-12/h9-10,12,14H,3-8,11,19H2,1-2H3. The minimum atomic E-state index is 0.187. The summed E-state index contributed by atoms with van der Waals surface area (Å²) in [5, 5.41) is 0. The summed E-state index contributed by atoms with van der Waals surface area (Å²) in [6.45, 7) is 2.89. The Balaban J connectivity index is 2.08. The molecule has 1 saturated carbocycles. The number of hydrogen-bond acceptors (Lipinski definition) is 3. The van der Waals surface area contributed by atoms with Crippen LogP contribution in [0.25, 0.3) is 0 Å². The smallest absolute Gasteiger partial charge is 0.175 e. The van der Waals surface area contributed by atoms with Crippen LogP contribution in [0.5, 0.6) is 11.5 Å². The van der Waals surface area contributed by atoms with E-state index in [0.717, 1.165) is 35.4 Å². The quantitative estimate of drug-likeness (QED) is 0.792. The molecule has 1 aromatic carbocycles. The molecule has 4 heteroatoms. The molecule has 0 heterocycles. The van der Waals surface area contributed by atoms with Gasteiger partial charge in [-0.3, -0.25) is 0 Å². The Labute approximate surface area is 136 Å². The van der Waals surface area contributed by atoms with Crippen LogP contribution >= 0.6 is 15.9 Å². The van der Waals surface area contributed by atoms with Crippen molar-refractivity contribution < 1.29 is 9.47 Å². The fourth-order valence-electron chi connectivity index (χ4n) is 2.86. The van der Waals surface area contributed by atoms with Gasteiger partial charge >= 0.3 is 0 Å².